The maximum atomic E-state index is 13.0. The number of hydrogen-bond donors (Lipinski definition) is 0. The molecule has 5 nitrogen and oxygen atoms in total. The van der Waals surface area contributed by atoms with Gasteiger partial charge in [0, 0.05) is 19.1 Å². The van der Waals surface area contributed by atoms with Crippen molar-refractivity contribution in [2.45, 2.75) is 215 Å². The van der Waals surface area contributed by atoms with Gasteiger partial charge in [-0.05, 0) is 165 Å². The molecule has 4 aliphatic rings. The van der Waals surface area contributed by atoms with Crippen molar-refractivity contribution in [3.05, 3.63) is 65.7 Å². The van der Waals surface area contributed by atoms with Crippen molar-refractivity contribution in [1.82, 2.24) is 0 Å². The minimum Gasteiger partial charge on any atom is -0.494 e. The number of unbranched alkanes of at least 4 members (excludes halogenated alkanes) is 12. The summed E-state index contributed by atoms with van der Waals surface area (Å²) in [5, 5.41) is 0. The Bertz CT molecular complexity index is 1710. The van der Waals surface area contributed by atoms with Gasteiger partial charge in [-0.3, -0.25) is 9.79 Å². The van der Waals surface area contributed by atoms with Gasteiger partial charge in [0.1, 0.15) is 17.6 Å². The zero-order chi connectivity index (χ0) is 45.2. The average molecular weight is 878 g/mol. The highest BCUT2D eigenvalue weighted by Gasteiger charge is 2.59. The molecule has 0 aliphatic heterocycles. The van der Waals surface area contributed by atoms with Crippen LogP contribution in [0.5, 0.6) is 11.5 Å². The lowest BCUT2D eigenvalue weighted by Gasteiger charge is -2.58. The molecule has 8 atom stereocenters. The number of ether oxygens (including phenoxy) is 3. The number of benzene rings is 2. The van der Waals surface area contributed by atoms with E-state index in [0.29, 0.717) is 17.3 Å². The van der Waals surface area contributed by atoms with Crippen molar-refractivity contribution in [1.29, 1.82) is 0 Å². The molecule has 2 aromatic carbocycles. The monoisotopic (exact) mass is 878 g/mol. The van der Waals surface area contributed by atoms with Gasteiger partial charge in [-0.2, -0.15) is 0 Å². The summed E-state index contributed by atoms with van der Waals surface area (Å²) in [6, 6.07) is 16.2. The molecule has 4 aliphatic carbocycles. The lowest BCUT2D eigenvalue weighted by atomic mass is 9.47. The third kappa shape index (κ3) is 14.5. The number of carbonyl (C=O) groups is 1. The summed E-state index contributed by atoms with van der Waals surface area (Å²) in [5.74, 6) is 7.02. The number of esters is 1. The first-order valence-electron chi connectivity index (χ1n) is 27.0. The number of rotatable bonds is 28. The predicted molar refractivity (Wildman–Crippen MR) is 269 cm³/mol. The highest BCUT2D eigenvalue weighted by molar-refractivity contribution is 5.82. The number of hydrogen-bond acceptors (Lipinski definition) is 5. The maximum absolute atomic E-state index is 13.0. The van der Waals surface area contributed by atoms with Crippen molar-refractivity contribution in [3.63, 3.8) is 0 Å². The van der Waals surface area contributed by atoms with E-state index in [1.165, 1.54) is 122 Å². The van der Waals surface area contributed by atoms with E-state index in [-0.39, 0.29) is 12.1 Å². The smallest absolute Gasteiger partial charge is 0.306 e. The summed E-state index contributed by atoms with van der Waals surface area (Å²) in [4.78, 5) is 17.6. The molecule has 2 aromatic rings. The van der Waals surface area contributed by atoms with Crippen LogP contribution < -0.4 is 9.47 Å². The second-order valence-corrected chi connectivity index (χ2v) is 22.0. The zero-order valence-corrected chi connectivity index (χ0v) is 41.7. The Balaban J connectivity index is 0.774. The van der Waals surface area contributed by atoms with Crippen LogP contribution in [0.1, 0.15) is 214 Å². The van der Waals surface area contributed by atoms with Gasteiger partial charge in [-0.25, -0.2) is 0 Å². The van der Waals surface area contributed by atoms with Gasteiger partial charge in [0.2, 0.25) is 0 Å². The van der Waals surface area contributed by atoms with Crippen LogP contribution in [0.3, 0.4) is 0 Å². The van der Waals surface area contributed by atoms with Crippen molar-refractivity contribution >= 4 is 17.9 Å². The Hall–Kier alpha value is -3.08. The Labute approximate surface area is 391 Å². The van der Waals surface area contributed by atoms with E-state index in [1.54, 1.807) is 5.57 Å². The van der Waals surface area contributed by atoms with E-state index < -0.39 is 0 Å². The van der Waals surface area contributed by atoms with E-state index >= 15 is 0 Å². The Morgan fingerprint density at radius 2 is 1.33 bits per heavy atom. The average Bonchev–Trinajstić information content (AvgIpc) is 3.65. The molecule has 3 fully saturated rings. The van der Waals surface area contributed by atoms with Gasteiger partial charge in [-0.15, -0.1) is 0 Å². The number of nitrogens with zero attached hydrogens (tertiary/aromatic N) is 1. The molecule has 3 saturated carbocycles. The molecule has 0 heterocycles. The van der Waals surface area contributed by atoms with Crippen LogP contribution in [-0.4, -0.2) is 31.5 Å². The summed E-state index contributed by atoms with van der Waals surface area (Å²) in [5.41, 5.74) is 4.45. The summed E-state index contributed by atoms with van der Waals surface area (Å²) in [6.07, 6.45) is 36.5. The molecule has 356 valence electrons. The fourth-order valence-corrected chi connectivity index (χ4v) is 13.1. The topological polar surface area (TPSA) is 57.1 Å². The predicted octanol–water partition coefficient (Wildman–Crippen LogP) is 17.0. The molecule has 6 rings (SSSR count). The standard InChI is InChI=1S/C59H91NO4/c1-7-8-9-10-16-19-42-63-51-32-28-49(29-33-51)60-44-47-25-30-50(31-26-47)62-41-20-17-14-12-11-13-15-18-24-57(61)64-52-37-39-58(5)48(43-52)27-34-53-55-36-35-54(46(4)23-21-22-45(2)3)59(55,6)40-38-56(53)58/h25-33,44-46,52-56H,7-24,34-43H2,1-6H3/t46-,52+,53+,54-,55+,56+,58+,59-/m1/s1. The largest absolute Gasteiger partial charge is 0.494 e. The van der Waals surface area contributed by atoms with Gasteiger partial charge in [0.25, 0.3) is 0 Å². The second kappa shape index (κ2) is 25.7. The lowest BCUT2D eigenvalue weighted by Crippen LogP contribution is -2.51. The van der Waals surface area contributed by atoms with Crippen LogP contribution in [0.4, 0.5) is 5.69 Å². The Morgan fingerprint density at radius 1 is 0.703 bits per heavy atom. The molecule has 5 heteroatoms. The minimum atomic E-state index is 0.0316. The third-order valence-corrected chi connectivity index (χ3v) is 16.9. The van der Waals surface area contributed by atoms with Crippen molar-refractivity contribution in [2.75, 3.05) is 13.2 Å². The number of allylic oxidation sites excluding steroid dienone is 1. The van der Waals surface area contributed by atoms with E-state index in [2.05, 4.69) is 64.7 Å². The van der Waals surface area contributed by atoms with Crippen molar-refractivity contribution in [3.8, 4) is 11.5 Å². The van der Waals surface area contributed by atoms with E-state index in [1.807, 2.05) is 42.6 Å². The van der Waals surface area contributed by atoms with Gasteiger partial charge in [-0.1, -0.05) is 143 Å². The van der Waals surface area contributed by atoms with Gasteiger partial charge >= 0.3 is 5.97 Å². The molecule has 0 spiro atoms. The number of aliphatic imine (C=N–C) groups is 1. The fraction of sp³-hybridized carbons (Fsp3) is 0.729. The molecule has 0 aromatic heterocycles. The Kier molecular flexibility index (Phi) is 20.2. The Morgan fingerprint density at radius 3 is 1.98 bits per heavy atom. The van der Waals surface area contributed by atoms with Crippen LogP contribution in [0.25, 0.3) is 0 Å². The SMILES string of the molecule is CCCCCCCCOc1ccc(N=Cc2ccc(OCCCCCCCCCCC(=O)O[C@H]3CC[C@@]4(C)C(=CC[C@H]5[C@@H]6CC[C@H]([C@H](C)CCCC(C)C)[C@@]6(C)CC[C@@H]54)C3)cc2)cc1. The molecular weight excluding hydrogens is 787 g/mol. The first kappa shape index (κ1) is 50.3. The van der Waals surface area contributed by atoms with Gasteiger partial charge < -0.3 is 14.2 Å². The minimum absolute atomic E-state index is 0.0316. The first-order valence-corrected chi connectivity index (χ1v) is 27.0. The first-order chi connectivity index (χ1) is 31.1. The van der Waals surface area contributed by atoms with Crippen LogP contribution in [0.15, 0.2) is 65.2 Å². The highest BCUT2D eigenvalue weighted by Crippen LogP contribution is 2.67. The van der Waals surface area contributed by atoms with E-state index in [0.717, 1.165) is 110 Å². The highest BCUT2D eigenvalue weighted by atomic mass is 16.5. The van der Waals surface area contributed by atoms with E-state index in [4.69, 9.17) is 14.2 Å². The quantitative estimate of drug-likeness (QED) is 0.0370. The molecule has 64 heavy (non-hydrogen) atoms. The van der Waals surface area contributed by atoms with Crippen LogP contribution in [0.2, 0.25) is 0 Å². The second-order valence-electron chi connectivity index (χ2n) is 22.0. The van der Waals surface area contributed by atoms with E-state index in [9.17, 15) is 4.79 Å². The third-order valence-electron chi connectivity index (χ3n) is 16.9. The summed E-state index contributed by atoms with van der Waals surface area (Å²) in [6.45, 7) is 16.4. The fourth-order valence-electron chi connectivity index (χ4n) is 13.1. The van der Waals surface area contributed by atoms with Crippen molar-refractivity contribution in [2.24, 2.45) is 51.3 Å². The van der Waals surface area contributed by atoms with Gasteiger partial charge in [0.15, 0.2) is 0 Å². The van der Waals surface area contributed by atoms with Crippen LogP contribution in [-0.2, 0) is 9.53 Å². The normalized spacial score (nSPS) is 26.9. The zero-order valence-electron chi connectivity index (χ0n) is 41.7. The van der Waals surface area contributed by atoms with Gasteiger partial charge in [0.05, 0.1) is 18.9 Å². The molecule has 0 saturated heterocycles. The lowest BCUT2D eigenvalue weighted by molar-refractivity contribution is -0.151. The number of carbonyl (C=O) groups excluding carboxylic acids is 1. The maximum Gasteiger partial charge on any atom is 0.306 e. The molecule has 0 unspecified atom stereocenters. The molecule has 0 amide bonds. The van der Waals surface area contributed by atoms with Crippen LogP contribution >= 0.6 is 0 Å². The summed E-state index contributed by atoms with van der Waals surface area (Å²) < 4.78 is 18.1. The summed E-state index contributed by atoms with van der Waals surface area (Å²) in [7, 11) is 0. The molecule has 0 radical (unpaired) electrons. The summed E-state index contributed by atoms with van der Waals surface area (Å²) >= 11 is 0. The number of fused-ring (bicyclic) bond motifs is 5. The van der Waals surface area contributed by atoms with Crippen LogP contribution in [0, 0.1) is 46.3 Å². The molecule has 0 N–H and O–H groups in total. The van der Waals surface area contributed by atoms with Crippen molar-refractivity contribution < 1.29 is 19.0 Å². The molecular formula is C59H91NO4. The molecule has 0 bridgehead atoms.